The van der Waals surface area contributed by atoms with Crippen LogP contribution >= 0.6 is 0 Å². The molecule has 1 unspecified atom stereocenters. The van der Waals surface area contributed by atoms with Gasteiger partial charge in [0.05, 0.1) is 10.6 Å². The van der Waals surface area contributed by atoms with Gasteiger partial charge in [-0.3, -0.25) is 14.5 Å². The van der Waals surface area contributed by atoms with E-state index in [9.17, 15) is 23.1 Å². The van der Waals surface area contributed by atoms with Crippen LogP contribution in [0.4, 0.5) is 11.4 Å². The standard InChI is InChI=1S/C32H32N4O5S/c1-21(32(38)39)36(42(40,41)29-10-4-7-23-6-2-3-9-27(23)29)26-16-17-28-25(20-26)8-5-19-35(28)30(37)18-13-22-11-14-24(15-12-22)31(33)34/h2-4,6-7,9-12,14-17,20-21H,5,8,13,18-19H2,1H3,(H3,33,34)(H,38,39). The van der Waals surface area contributed by atoms with E-state index in [0.717, 1.165) is 20.8 Å². The normalized spacial score (nSPS) is 13.8. The Kier molecular flexibility index (Phi) is 8.00. The summed E-state index contributed by atoms with van der Waals surface area (Å²) in [5.74, 6) is -1.34. The van der Waals surface area contributed by atoms with Crippen LogP contribution in [0.15, 0.2) is 89.8 Å². The van der Waals surface area contributed by atoms with E-state index in [1.807, 2.05) is 30.3 Å². The first-order chi connectivity index (χ1) is 20.1. The van der Waals surface area contributed by atoms with Crippen molar-refractivity contribution in [2.75, 3.05) is 15.7 Å². The average Bonchev–Trinajstić information content (AvgIpc) is 2.99. The number of nitrogens with two attached hydrogens (primary N) is 1. The number of hydrogen-bond acceptors (Lipinski definition) is 5. The Bertz CT molecular complexity index is 1780. The van der Waals surface area contributed by atoms with Gasteiger partial charge in [-0.2, -0.15) is 0 Å². The molecule has 4 aromatic carbocycles. The van der Waals surface area contributed by atoms with Gasteiger partial charge in [-0.1, -0.05) is 60.7 Å². The topological polar surface area (TPSA) is 145 Å². The van der Waals surface area contributed by atoms with Gasteiger partial charge in [-0.25, -0.2) is 13.2 Å². The molecule has 0 saturated carbocycles. The highest BCUT2D eigenvalue weighted by Crippen LogP contribution is 2.36. The van der Waals surface area contributed by atoms with Gasteiger partial charge in [0.25, 0.3) is 10.0 Å². The smallest absolute Gasteiger partial charge is 0.327 e. The molecule has 1 aliphatic heterocycles. The van der Waals surface area contributed by atoms with Crippen molar-refractivity contribution in [3.8, 4) is 0 Å². The zero-order chi connectivity index (χ0) is 30.0. The lowest BCUT2D eigenvalue weighted by molar-refractivity contribution is -0.137. The van der Waals surface area contributed by atoms with Crippen LogP contribution in [0.3, 0.4) is 0 Å². The third kappa shape index (κ3) is 5.58. The lowest BCUT2D eigenvalue weighted by Crippen LogP contribution is -2.43. The van der Waals surface area contributed by atoms with Crippen LogP contribution in [-0.4, -0.2) is 43.8 Å². The number of anilines is 2. The number of carboxylic acids is 1. The highest BCUT2D eigenvalue weighted by Gasteiger charge is 2.35. The molecule has 0 fully saturated rings. The van der Waals surface area contributed by atoms with Crippen molar-refractivity contribution in [2.24, 2.45) is 5.73 Å². The minimum absolute atomic E-state index is 0.0110. The van der Waals surface area contributed by atoms with Crippen molar-refractivity contribution in [3.63, 3.8) is 0 Å². The van der Waals surface area contributed by atoms with E-state index in [2.05, 4.69) is 0 Å². The molecule has 1 aliphatic rings. The second-order valence-electron chi connectivity index (χ2n) is 10.4. The summed E-state index contributed by atoms with van der Waals surface area (Å²) in [4.78, 5) is 27.2. The first-order valence-corrected chi connectivity index (χ1v) is 15.1. The summed E-state index contributed by atoms with van der Waals surface area (Å²) in [6.45, 7) is 1.89. The van der Waals surface area contributed by atoms with E-state index in [4.69, 9.17) is 11.1 Å². The Hall–Kier alpha value is -4.70. The fourth-order valence-corrected chi connectivity index (χ4v) is 7.24. The van der Waals surface area contributed by atoms with Crippen LogP contribution in [0.5, 0.6) is 0 Å². The first-order valence-electron chi connectivity index (χ1n) is 13.7. The molecule has 1 heterocycles. The summed E-state index contributed by atoms with van der Waals surface area (Å²) in [5, 5.41) is 18.7. The third-order valence-electron chi connectivity index (χ3n) is 7.63. The summed E-state index contributed by atoms with van der Waals surface area (Å²) in [6.07, 6.45) is 2.12. The van der Waals surface area contributed by atoms with E-state index < -0.39 is 22.0 Å². The monoisotopic (exact) mass is 584 g/mol. The average molecular weight is 585 g/mol. The second kappa shape index (κ2) is 11.7. The fraction of sp³-hybridized carbons (Fsp3) is 0.219. The minimum atomic E-state index is -4.28. The van der Waals surface area contributed by atoms with Gasteiger partial charge < -0.3 is 15.7 Å². The maximum atomic E-state index is 14.1. The molecular formula is C32H32N4O5S. The number of aryl methyl sites for hydroxylation is 2. The molecule has 5 rings (SSSR count). The molecule has 0 radical (unpaired) electrons. The summed E-state index contributed by atoms with van der Waals surface area (Å²) in [5.41, 5.74) is 8.82. The molecular weight excluding hydrogens is 552 g/mol. The van der Waals surface area contributed by atoms with Gasteiger partial charge in [-0.15, -0.1) is 0 Å². The number of hydrogen-bond donors (Lipinski definition) is 3. The number of rotatable bonds is 9. The highest BCUT2D eigenvalue weighted by atomic mass is 32.2. The molecule has 4 N–H and O–H groups in total. The zero-order valence-electron chi connectivity index (χ0n) is 23.2. The predicted molar refractivity (Wildman–Crippen MR) is 164 cm³/mol. The van der Waals surface area contributed by atoms with Crippen molar-refractivity contribution in [1.29, 1.82) is 5.41 Å². The molecule has 0 spiro atoms. The summed E-state index contributed by atoms with van der Waals surface area (Å²) in [7, 11) is -4.28. The maximum Gasteiger partial charge on any atom is 0.327 e. The number of carbonyl (C=O) groups is 2. The molecule has 0 aliphatic carbocycles. The number of carbonyl (C=O) groups excluding carboxylic acids is 1. The zero-order valence-corrected chi connectivity index (χ0v) is 24.0. The van der Waals surface area contributed by atoms with E-state index >= 15 is 0 Å². The first kappa shape index (κ1) is 28.8. The number of nitrogen functional groups attached to an aromatic ring is 1. The van der Waals surface area contributed by atoms with Gasteiger partial charge in [0.2, 0.25) is 5.91 Å². The number of amidine groups is 1. The molecule has 1 atom stereocenters. The minimum Gasteiger partial charge on any atom is -0.480 e. The lowest BCUT2D eigenvalue weighted by Gasteiger charge is -2.33. The van der Waals surface area contributed by atoms with Crippen molar-refractivity contribution >= 4 is 49.9 Å². The highest BCUT2D eigenvalue weighted by molar-refractivity contribution is 7.93. The fourth-order valence-electron chi connectivity index (χ4n) is 5.41. The largest absolute Gasteiger partial charge is 0.480 e. The number of nitrogens with one attached hydrogen (secondary N) is 1. The molecule has 0 aromatic heterocycles. The van der Waals surface area contributed by atoms with Gasteiger partial charge >= 0.3 is 5.97 Å². The van der Waals surface area contributed by atoms with E-state index in [1.54, 1.807) is 53.4 Å². The van der Waals surface area contributed by atoms with Crippen LogP contribution in [0.25, 0.3) is 10.8 Å². The van der Waals surface area contributed by atoms with E-state index in [1.165, 1.54) is 13.0 Å². The number of carboxylic acid groups (broad SMARTS) is 1. The Labute approximate surface area is 244 Å². The molecule has 10 heteroatoms. The molecule has 4 aromatic rings. The van der Waals surface area contributed by atoms with E-state index in [0.29, 0.717) is 42.4 Å². The molecule has 216 valence electrons. The van der Waals surface area contributed by atoms with Crippen LogP contribution in [-0.2, 0) is 32.5 Å². The van der Waals surface area contributed by atoms with Crippen molar-refractivity contribution < 1.29 is 23.1 Å². The molecule has 42 heavy (non-hydrogen) atoms. The van der Waals surface area contributed by atoms with Crippen LogP contribution in [0.2, 0.25) is 0 Å². The molecule has 0 bridgehead atoms. The SMILES string of the molecule is CC(C(=O)O)N(c1ccc2c(c1)CCCN2C(=O)CCc1ccc(C(=N)N)cc1)S(=O)(=O)c1cccc2ccccc12. The van der Waals surface area contributed by atoms with Gasteiger partial charge in [0.15, 0.2) is 0 Å². The quantitative estimate of drug-likeness (QED) is 0.192. The predicted octanol–water partition coefficient (Wildman–Crippen LogP) is 4.70. The van der Waals surface area contributed by atoms with Crippen LogP contribution < -0.4 is 14.9 Å². The maximum absolute atomic E-state index is 14.1. The van der Waals surface area contributed by atoms with Crippen molar-refractivity contribution in [3.05, 3.63) is 102 Å². The second-order valence-corrected chi connectivity index (χ2v) is 12.1. The van der Waals surface area contributed by atoms with E-state index in [-0.39, 0.29) is 28.7 Å². The summed E-state index contributed by atoms with van der Waals surface area (Å²) < 4.78 is 29.1. The summed E-state index contributed by atoms with van der Waals surface area (Å²) in [6, 6.07) is 22.9. The summed E-state index contributed by atoms with van der Waals surface area (Å²) >= 11 is 0. The molecule has 0 saturated heterocycles. The lowest BCUT2D eigenvalue weighted by atomic mass is 9.99. The van der Waals surface area contributed by atoms with Crippen LogP contribution in [0, 0.1) is 5.41 Å². The molecule has 9 nitrogen and oxygen atoms in total. The Morgan fingerprint density at radius 2 is 1.74 bits per heavy atom. The van der Waals surface area contributed by atoms with Crippen LogP contribution in [0.1, 0.15) is 36.5 Å². The van der Waals surface area contributed by atoms with Gasteiger partial charge in [0, 0.05) is 29.6 Å². The number of fused-ring (bicyclic) bond motifs is 2. The van der Waals surface area contributed by atoms with Crippen molar-refractivity contribution in [2.45, 2.75) is 43.5 Å². The number of sulfonamides is 1. The Morgan fingerprint density at radius 3 is 2.45 bits per heavy atom. The number of benzene rings is 4. The number of nitrogens with zero attached hydrogens (tertiary/aromatic N) is 2. The van der Waals surface area contributed by atoms with Gasteiger partial charge in [0.1, 0.15) is 11.9 Å². The Balaban J connectivity index is 1.45. The number of aliphatic carboxylic acids is 1. The van der Waals surface area contributed by atoms with Gasteiger partial charge in [-0.05, 0) is 67.0 Å². The molecule has 1 amide bonds. The number of amides is 1. The Morgan fingerprint density at radius 1 is 1.02 bits per heavy atom. The third-order valence-corrected chi connectivity index (χ3v) is 9.58. The van der Waals surface area contributed by atoms with Crippen molar-refractivity contribution in [1.82, 2.24) is 0 Å².